The van der Waals surface area contributed by atoms with Gasteiger partial charge in [-0.15, -0.1) is 11.3 Å². The summed E-state index contributed by atoms with van der Waals surface area (Å²) in [4.78, 5) is 13.9. The van der Waals surface area contributed by atoms with Gasteiger partial charge in [-0.2, -0.15) is 0 Å². The first kappa shape index (κ1) is 11.1. The third-order valence-electron chi connectivity index (χ3n) is 2.70. The van der Waals surface area contributed by atoms with Crippen molar-refractivity contribution >= 4 is 33.2 Å². The van der Waals surface area contributed by atoms with Crippen LogP contribution in [0.25, 0.3) is 0 Å². The molecule has 1 saturated heterocycles. The molecule has 1 aliphatic heterocycles. The molecule has 0 bridgehead atoms. The first-order valence-electron chi connectivity index (χ1n) is 4.91. The lowest BCUT2D eigenvalue weighted by Crippen LogP contribution is -2.33. The van der Waals surface area contributed by atoms with E-state index in [0.29, 0.717) is 6.04 Å². The zero-order chi connectivity index (χ0) is 10.8. The number of nitrogens with zero attached hydrogens (tertiary/aromatic N) is 1. The summed E-state index contributed by atoms with van der Waals surface area (Å²) in [5.41, 5.74) is 0.795. The van der Waals surface area contributed by atoms with E-state index < -0.39 is 0 Å². The number of rotatable bonds is 2. The Hall–Kier alpha value is -0.390. The Morgan fingerprint density at radius 3 is 3.07 bits per heavy atom. The standard InChI is InChI=1S/C10H13BrN2OS/c1-12-8-2-3-13(5-8)10(14)7-4-9(11)15-6-7/h4,6,8,12H,2-3,5H2,1H3. The van der Waals surface area contributed by atoms with Crippen LogP contribution >= 0.6 is 27.3 Å². The van der Waals surface area contributed by atoms with Gasteiger partial charge in [0.25, 0.3) is 5.91 Å². The van der Waals surface area contributed by atoms with E-state index in [0.717, 1.165) is 28.9 Å². The summed E-state index contributed by atoms with van der Waals surface area (Å²) in [6.45, 7) is 1.68. The van der Waals surface area contributed by atoms with Gasteiger partial charge in [0.2, 0.25) is 0 Å². The molecular weight excluding hydrogens is 276 g/mol. The van der Waals surface area contributed by atoms with Crippen molar-refractivity contribution in [1.82, 2.24) is 10.2 Å². The highest BCUT2D eigenvalue weighted by molar-refractivity contribution is 9.11. The van der Waals surface area contributed by atoms with Gasteiger partial charge in [-0.3, -0.25) is 4.79 Å². The highest BCUT2D eigenvalue weighted by Crippen LogP contribution is 2.23. The molecule has 82 valence electrons. The summed E-state index contributed by atoms with van der Waals surface area (Å²) in [6.07, 6.45) is 1.05. The lowest BCUT2D eigenvalue weighted by atomic mass is 10.3. The Balaban J connectivity index is 2.03. The minimum Gasteiger partial charge on any atom is -0.337 e. The monoisotopic (exact) mass is 288 g/mol. The third-order valence-corrected chi connectivity index (χ3v) is 4.20. The van der Waals surface area contributed by atoms with Gasteiger partial charge >= 0.3 is 0 Å². The molecule has 0 aliphatic carbocycles. The Morgan fingerprint density at radius 2 is 2.53 bits per heavy atom. The number of halogens is 1. The van der Waals surface area contributed by atoms with Crippen LogP contribution in [0.5, 0.6) is 0 Å². The summed E-state index contributed by atoms with van der Waals surface area (Å²) in [5.74, 6) is 0.148. The smallest absolute Gasteiger partial charge is 0.254 e. The lowest BCUT2D eigenvalue weighted by molar-refractivity contribution is 0.0790. The van der Waals surface area contributed by atoms with Gasteiger partial charge in [0.15, 0.2) is 0 Å². The lowest BCUT2D eigenvalue weighted by Gasteiger charge is -2.15. The molecule has 2 heterocycles. The molecular formula is C10H13BrN2OS. The fraction of sp³-hybridized carbons (Fsp3) is 0.500. The number of amides is 1. The average Bonchev–Trinajstić information content (AvgIpc) is 2.84. The zero-order valence-electron chi connectivity index (χ0n) is 8.50. The largest absolute Gasteiger partial charge is 0.337 e. The van der Waals surface area contributed by atoms with Crippen LogP contribution in [0.3, 0.4) is 0 Å². The molecule has 2 rings (SSSR count). The molecule has 1 atom stereocenters. The number of nitrogens with one attached hydrogen (secondary N) is 1. The van der Waals surface area contributed by atoms with Crippen LogP contribution in [0, 0.1) is 0 Å². The molecule has 15 heavy (non-hydrogen) atoms. The Morgan fingerprint density at radius 1 is 1.73 bits per heavy atom. The van der Waals surface area contributed by atoms with Crippen LogP contribution in [-0.4, -0.2) is 37.0 Å². The maximum atomic E-state index is 12.0. The van der Waals surface area contributed by atoms with Gasteiger partial charge in [0.05, 0.1) is 9.35 Å². The minimum atomic E-state index is 0.148. The Labute approximate surface area is 102 Å². The normalized spacial score (nSPS) is 20.9. The molecule has 1 fully saturated rings. The number of hydrogen-bond donors (Lipinski definition) is 1. The molecule has 1 amide bonds. The van der Waals surface area contributed by atoms with Crippen molar-refractivity contribution in [3.63, 3.8) is 0 Å². The van der Waals surface area contributed by atoms with Crippen molar-refractivity contribution in [3.8, 4) is 0 Å². The maximum Gasteiger partial charge on any atom is 0.254 e. The number of carbonyl (C=O) groups excluding carboxylic acids is 1. The molecule has 1 N–H and O–H groups in total. The van der Waals surface area contributed by atoms with Crippen LogP contribution in [-0.2, 0) is 0 Å². The van der Waals surface area contributed by atoms with Crippen LogP contribution in [0.4, 0.5) is 0 Å². The van der Waals surface area contributed by atoms with E-state index in [1.54, 1.807) is 11.3 Å². The van der Waals surface area contributed by atoms with Crippen LogP contribution < -0.4 is 5.32 Å². The SMILES string of the molecule is CNC1CCN(C(=O)c2csc(Br)c2)C1. The van der Waals surface area contributed by atoms with Crippen molar-refractivity contribution in [2.24, 2.45) is 0 Å². The van der Waals surface area contributed by atoms with Crippen molar-refractivity contribution in [1.29, 1.82) is 0 Å². The van der Waals surface area contributed by atoms with Crippen molar-refractivity contribution in [2.75, 3.05) is 20.1 Å². The number of carbonyl (C=O) groups is 1. The van der Waals surface area contributed by atoms with E-state index in [-0.39, 0.29) is 5.91 Å². The van der Waals surface area contributed by atoms with E-state index in [1.807, 2.05) is 23.4 Å². The minimum absolute atomic E-state index is 0.148. The zero-order valence-corrected chi connectivity index (χ0v) is 10.9. The van der Waals surface area contributed by atoms with E-state index in [2.05, 4.69) is 21.2 Å². The number of likely N-dealkylation sites (tertiary alicyclic amines) is 1. The van der Waals surface area contributed by atoms with Gasteiger partial charge in [-0.1, -0.05) is 0 Å². The molecule has 1 aromatic rings. The van der Waals surface area contributed by atoms with E-state index >= 15 is 0 Å². The Bertz CT molecular complexity index is 366. The van der Waals surface area contributed by atoms with Gasteiger partial charge in [0, 0.05) is 24.5 Å². The van der Waals surface area contributed by atoms with Gasteiger partial charge in [-0.05, 0) is 35.5 Å². The van der Waals surface area contributed by atoms with Gasteiger partial charge in [0.1, 0.15) is 0 Å². The van der Waals surface area contributed by atoms with Crippen LogP contribution in [0.2, 0.25) is 0 Å². The third kappa shape index (κ3) is 2.41. The molecule has 0 radical (unpaired) electrons. The molecule has 1 aromatic heterocycles. The molecule has 1 unspecified atom stereocenters. The number of likely N-dealkylation sites (N-methyl/N-ethyl adjacent to an activating group) is 1. The van der Waals surface area contributed by atoms with Crippen molar-refractivity contribution < 1.29 is 4.79 Å². The molecule has 0 spiro atoms. The van der Waals surface area contributed by atoms with E-state index in [4.69, 9.17) is 0 Å². The summed E-state index contributed by atoms with van der Waals surface area (Å²) in [5, 5.41) is 5.11. The summed E-state index contributed by atoms with van der Waals surface area (Å²) < 4.78 is 1.01. The quantitative estimate of drug-likeness (QED) is 0.902. The van der Waals surface area contributed by atoms with Crippen LogP contribution in [0.15, 0.2) is 15.2 Å². The summed E-state index contributed by atoms with van der Waals surface area (Å²) >= 11 is 4.92. The van der Waals surface area contributed by atoms with Crippen molar-refractivity contribution in [3.05, 3.63) is 20.8 Å². The summed E-state index contributed by atoms with van der Waals surface area (Å²) in [6, 6.07) is 2.34. The highest BCUT2D eigenvalue weighted by Gasteiger charge is 2.26. The molecule has 5 heteroatoms. The predicted octanol–water partition coefficient (Wildman–Crippen LogP) is 1.94. The Kier molecular flexibility index (Phi) is 3.43. The molecule has 0 aromatic carbocycles. The summed E-state index contributed by atoms with van der Waals surface area (Å²) in [7, 11) is 1.94. The molecule has 3 nitrogen and oxygen atoms in total. The van der Waals surface area contributed by atoms with Gasteiger partial charge in [-0.25, -0.2) is 0 Å². The highest BCUT2D eigenvalue weighted by atomic mass is 79.9. The number of thiophene rings is 1. The van der Waals surface area contributed by atoms with E-state index in [1.165, 1.54) is 0 Å². The van der Waals surface area contributed by atoms with Crippen molar-refractivity contribution in [2.45, 2.75) is 12.5 Å². The second-order valence-corrected chi connectivity index (χ2v) is 5.96. The molecule has 1 aliphatic rings. The first-order valence-corrected chi connectivity index (χ1v) is 6.58. The van der Waals surface area contributed by atoms with Crippen LogP contribution in [0.1, 0.15) is 16.8 Å². The second-order valence-electron chi connectivity index (χ2n) is 3.66. The van der Waals surface area contributed by atoms with E-state index in [9.17, 15) is 4.79 Å². The topological polar surface area (TPSA) is 32.3 Å². The average molecular weight is 289 g/mol. The fourth-order valence-electron chi connectivity index (χ4n) is 1.79. The number of hydrogen-bond acceptors (Lipinski definition) is 3. The second kappa shape index (κ2) is 4.63. The molecule has 0 saturated carbocycles. The fourth-order valence-corrected chi connectivity index (χ4v) is 2.92. The van der Waals surface area contributed by atoms with Gasteiger partial charge < -0.3 is 10.2 Å². The maximum absolute atomic E-state index is 12.0. The predicted molar refractivity (Wildman–Crippen MR) is 65.4 cm³/mol. The first-order chi connectivity index (χ1) is 7.20.